The van der Waals surface area contributed by atoms with E-state index in [2.05, 4.69) is 26.8 Å². The number of fused-ring (bicyclic) bond motifs is 5. The molecule has 0 saturated carbocycles. The molecule has 3 atom stereocenters. The molecule has 3 unspecified atom stereocenters. The van der Waals surface area contributed by atoms with E-state index in [4.69, 9.17) is 4.74 Å². The Hall–Kier alpha value is -3.13. The Morgan fingerprint density at radius 1 is 1.10 bits per heavy atom. The highest BCUT2D eigenvalue weighted by Crippen LogP contribution is 2.47. The number of rotatable bonds is 2. The van der Waals surface area contributed by atoms with Crippen molar-refractivity contribution in [3.05, 3.63) is 42.2 Å². The van der Waals surface area contributed by atoms with E-state index >= 15 is 0 Å². The topological polar surface area (TPSA) is 69.2 Å². The van der Waals surface area contributed by atoms with Gasteiger partial charge in [-0.3, -0.25) is 4.79 Å². The van der Waals surface area contributed by atoms with Crippen molar-refractivity contribution in [1.29, 1.82) is 0 Å². The van der Waals surface area contributed by atoms with Crippen molar-refractivity contribution < 1.29 is 13.9 Å². The van der Waals surface area contributed by atoms with Gasteiger partial charge in [-0.05, 0) is 38.0 Å². The van der Waals surface area contributed by atoms with Crippen LogP contribution in [0.2, 0.25) is 0 Å². The van der Waals surface area contributed by atoms with Gasteiger partial charge >= 0.3 is 0 Å². The van der Waals surface area contributed by atoms with Gasteiger partial charge in [-0.2, -0.15) is 5.10 Å². The zero-order valence-corrected chi connectivity index (χ0v) is 17.3. The number of hydrogen-bond acceptors (Lipinski definition) is 6. The molecule has 2 bridgehead atoms. The van der Waals surface area contributed by atoms with Crippen molar-refractivity contribution in [3.63, 3.8) is 0 Å². The number of carbonyl (C=O) groups excluding carboxylic acids is 1. The third-order valence-electron chi connectivity index (χ3n) is 6.86. The summed E-state index contributed by atoms with van der Waals surface area (Å²) in [5.41, 5.74) is 5.75. The maximum Gasteiger partial charge on any atom is 0.262 e. The van der Waals surface area contributed by atoms with Crippen LogP contribution in [0.1, 0.15) is 19.8 Å². The zero-order valence-electron chi connectivity index (χ0n) is 17.3. The number of hydrogen-bond donors (Lipinski definition) is 2. The van der Waals surface area contributed by atoms with E-state index in [0.29, 0.717) is 29.2 Å². The van der Waals surface area contributed by atoms with E-state index in [9.17, 15) is 9.18 Å². The molecule has 31 heavy (non-hydrogen) atoms. The van der Waals surface area contributed by atoms with Crippen LogP contribution in [0.4, 0.5) is 15.8 Å². The number of ether oxygens (including phenoxy) is 1. The van der Waals surface area contributed by atoms with Crippen LogP contribution in [0, 0.1) is 5.82 Å². The molecule has 4 heterocycles. The van der Waals surface area contributed by atoms with Crippen molar-refractivity contribution in [2.24, 2.45) is 5.10 Å². The highest BCUT2D eigenvalue weighted by molar-refractivity contribution is 6.10. The quantitative estimate of drug-likeness (QED) is 0.780. The average molecular weight is 421 g/mol. The monoisotopic (exact) mass is 421 g/mol. The summed E-state index contributed by atoms with van der Waals surface area (Å²) in [5, 5.41) is 7.71. The van der Waals surface area contributed by atoms with Crippen LogP contribution < -0.4 is 25.3 Å². The molecule has 0 aromatic heterocycles. The van der Waals surface area contributed by atoms with Gasteiger partial charge in [-0.25, -0.2) is 9.82 Å². The molecule has 8 heteroatoms. The van der Waals surface area contributed by atoms with E-state index in [1.165, 1.54) is 6.07 Å². The molecule has 4 aliphatic heterocycles. The Morgan fingerprint density at radius 2 is 1.87 bits per heavy atom. The molecule has 160 valence electrons. The maximum absolute atomic E-state index is 14.9. The predicted molar refractivity (Wildman–Crippen MR) is 117 cm³/mol. The number of benzene rings is 2. The second-order valence-electron chi connectivity index (χ2n) is 8.61. The minimum atomic E-state index is -0.401. The summed E-state index contributed by atoms with van der Waals surface area (Å²) in [6.45, 7) is 3.94. The summed E-state index contributed by atoms with van der Waals surface area (Å²) in [7, 11) is 0. The normalized spacial score (nSPS) is 26.6. The van der Waals surface area contributed by atoms with Gasteiger partial charge in [-0.15, -0.1) is 0 Å². The lowest BCUT2D eigenvalue weighted by Crippen LogP contribution is -2.55. The first-order valence-electron chi connectivity index (χ1n) is 10.8. The molecule has 0 aliphatic carbocycles. The van der Waals surface area contributed by atoms with E-state index in [1.54, 1.807) is 6.07 Å². The highest BCUT2D eigenvalue weighted by atomic mass is 19.1. The van der Waals surface area contributed by atoms with E-state index in [-0.39, 0.29) is 18.3 Å². The van der Waals surface area contributed by atoms with Gasteiger partial charge in [0, 0.05) is 42.0 Å². The standard InChI is InChI=1S/C23H24FN5O2/c1-13-23(30)27-26-22-12-31-21-8-17(16-4-2-3-5-18(16)24)19(9-20(21)28(13)22)29-14-6-7-15(29)11-25-10-14/h2-5,8-9,13-15,25H,6-7,10-12H2,1H3,(H,27,30). The number of carbonyl (C=O) groups is 1. The molecule has 2 fully saturated rings. The summed E-state index contributed by atoms with van der Waals surface area (Å²) >= 11 is 0. The number of nitrogens with zero attached hydrogens (tertiary/aromatic N) is 3. The number of anilines is 2. The van der Waals surface area contributed by atoms with Gasteiger partial charge < -0.3 is 19.9 Å². The van der Waals surface area contributed by atoms with Crippen molar-refractivity contribution in [1.82, 2.24) is 10.7 Å². The SMILES string of the molecule is CC1C(=O)NN=C2COc3cc(-c4ccccc4F)c(N4C5CCC4CNC5)cc3N21. The van der Waals surface area contributed by atoms with Crippen LogP contribution in [0.25, 0.3) is 11.1 Å². The van der Waals surface area contributed by atoms with E-state index in [0.717, 1.165) is 42.9 Å². The third-order valence-corrected chi connectivity index (χ3v) is 6.86. The van der Waals surface area contributed by atoms with Crippen molar-refractivity contribution >= 4 is 23.1 Å². The first kappa shape index (κ1) is 18.6. The molecule has 7 nitrogen and oxygen atoms in total. The van der Waals surface area contributed by atoms with E-state index in [1.807, 2.05) is 30.0 Å². The Labute approximate surface area is 179 Å². The van der Waals surface area contributed by atoms with Crippen LogP contribution in [0.3, 0.4) is 0 Å². The van der Waals surface area contributed by atoms with Gasteiger partial charge in [-0.1, -0.05) is 18.2 Å². The largest absolute Gasteiger partial charge is 0.483 e. The molecular weight excluding hydrogens is 397 g/mol. The summed E-state index contributed by atoms with van der Waals surface area (Å²) in [6.07, 6.45) is 2.22. The number of amides is 1. The minimum Gasteiger partial charge on any atom is -0.483 e. The minimum absolute atomic E-state index is 0.154. The number of amidine groups is 1. The average Bonchev–Trinajstić information content (AvgIpc) is 3.03. The lowest BCUT2D eigenvalue weighted by molar-refractivity contribution is -0.122. The van der Waals surface area contributed by atoms with Gasteiger partial charge in [0.2, 0.25) is 0 Å². The van der Waals surface area contributed by atoms with Crippen LogP contribution in [-0.4, -0.2) is 49.6 Å². The summed E-state index contributed by atoms with van der Waals surface area (Å²) in [5.74, 6) is 0.908. The second kappa shape index (κ2) is 6.95. The molecular formula is C23H24FN5O2. The highest BCUT2D eigenvalue weighted by Gasteiger charge is 2.40. The first-order valence-corrected chi connectivity index (χ1v) is 10.8. The third kappa shape index (κ3) is 2.81. The Kier molecular flexibility index (Phi) is 4.17. The molecule has 2 aromatic rings. The molecule has 0 spiro atoms. The van der Waals surface area contributed by atoms with Crippen LogP contribution in [0.15, 0.2) is 41.5 Å². The molecule has 2 saturated heterocycles. The molecule has 2 aromatic carbocycles. The Balaban J connectivity index is 1.57. The molecule has 1 amide bonds. The lowest BCUT2D eigenvalue weighted by atomic mass is 9.98. The lowest BCUT2D eigenvalue weighted by Gasteiger charge is -2.42. The van der Waals surface area contributed by atoms with Gasteiger partial charge in [0.1, 0.15) is 24.2 Å². The number of hydrazone groups is 1. The predicted octanol–water partition coefficient (Wildman–Crippen LogP) is 2.46. The van der Waals surface area contributed by atoms with Gasteiger partial charge in [0.15, 0.2) is 5.84 Å². The van der Waals surface area contributed by atoms with Crippen molar-refractivity contribution in [3.8, 4) is 16.9 Å². The maximum atomic E-state index is 14.9. The number of nitrogens with one attached hydrogen (secondary N) is 2. The fraction of sp³-hybridized carbons (Fsp3) is 0.391. The summed E-state index contributed by atoms with van der Waals surface area (Å²) in [6, 6.07) is 11.2. The Bertz CT molecular complexity index is 1090. The fourth-order valence-corrected chi connectivity index (χ4v) is 5.34. The number of halogens is 1. The summed E-state index contributed by atoms with van der Waals surface area (Å²) < 4.78 is 20.9. The first-order chi connectivity index (χ1) is 15.1. The smallest absolute Gasteiger partial charge is 0.262 e. The molecule has 6 rings (SSSR count). The second-order valence-corrected chi connectivity index (χ2v) is 8.61. The number of piperazine rings is 1. The molecule has 4 aliphatic rings. The van der Waals surface area contributed by atoms with Gasteiger partial charge in [0.25, 0.3) is 5.91 Å². The van der Waals surface area contributed by atoms with Crippen LogP contribution in [-0.2, 0) is 4.79 Å². The fourth-order valence-electron chi connectivity index (χ4n) is 5.34. The molecule has 0 radical (unpaired) electrons. The summed E-state index contributed by atoms with van der Waals surface area (Å²) in [4.78, 5) is 16.7. The van der Waals surface area contributed by atoms with Crippen LogP contribution >= 0.6 is 0 Å². The van der Waals surface area contributed by atoms with Crippen LogP contribution in [0.5, 0.6) is 5.75 Å². The zero-order chi connectivity index (χ0) is 21.1. The van der Waals surface area contributed by atoms with Crippen molar-refractivity contribution in [2.75, 3.05) is 29.5 Å². The Morgan fingerprint density at radius 3 is 2.65 bits per heavy atom. The van der Waals surface area contributed by atoms with Crippen molar-refractivity contribution in [2.45, 2.75) is 37.9 Å². The van der Waals surface area contributed by atoms with Gasteiger partial charge in [0.05, 0.1) is 5.69 Å². The molecule has 2 N–H and O–H groups in total. The van der Waals surface area contributed by atoms with E-state index < -0.39 is 6.04 Å².